The van der Waals surface area contributed by atoms with Crippen molar-refractivity contribution in [1.82, 2.24) is 30.2 Å². The van der Waals surface area contributed by atoms with Crippen LogP contribution in [0.25, 0.3) is 17.1 Å². The van der Waals surface area contributed by atoms with E-state index in [1.165, 1.54) is 16.9 Å². The molecule has 9 heteroatoms. The van der Waals surface area contributed by atoms with Gasteiger partial charge in [-0.25, -0.2) is 9.07 Å². The second kappa shape index (κ2) is 8.47. The van der Waals surface area contributed by atoms with Crippen LogP contribution in [0.5, 0.6) is 0 Å². The molecule has 0 bridgehead atoms. The van der Waals surface area contributed by atoms with Crippen LogP contribution < -0.4 is 5.32 Å². The first kappa shape index (κ1) is 20.4. The first-order chi connectivity index (χ1) is 15.0. The Hall–Kier alpha value is -3.88. The molecule has 3 aromatic heterocycles. The van der Waals surface area contributed by atoms with E-state index in [0.29, 0.717) is 28.5 Å². The highest BCUT2D eigenvalue weighted by Gasteiger charge is 2.27. The number of amides is 1. The zero-order valence-electron chi connectivity index (χ0n) is 17.3. The van der Waals surface area contributed by atoms with Crippen molar-refractivity contribution in [2.75, 3.05) is 0 Å². The van der Waals surface area contributed by atoms with Gasteiger partial charge in [-0.05, 0) is 37.1 Å². The van der Waals surface area contributed by atoms with Crippen LogP contribution in [0.2, 0.25) is 0 Å². The van der Waals surface area contributed by atoms with Gasteiger partial charge in [-0.2, -0.15) is 10.1 Å². The van der Waals surface area contributed by atoms with Gasteiger partial charge in [-0.15, -0.1) is 0 Å². The standard InChI is InChI=1S/C22H21FN6O2/c1-13(2)19(22-27-20(28-31-22)15-7-6-10-24-11-15)26-21(30)16-12-25-29(14(16)3)18-9-5-4-8-17(18)23/h4-13,19H,1-3H3,(H,26,30). The molecule has 0 aliphatic rings. The Bertz CT molecular complexity index is 1200. The van der Waals surface area contributed by atoms with E-state index in [1.54, 1.807) is 43.6 Å². The van der Waals surface area contributed by atoms with Crippen molar-refractivity contribution in [3.63, 3.8) is 0 Å². The molecular weight excluding hydrogens is 399 g/mol. The van der Waals surface area contributed by atoms with Crippen molar-refractivity contribution in [2.24, 2.45) is 5.92 Å². The van der Waals surface area contributed by atoms with E-state index in [4.69, 9.17) is 4.52 Å². The Balaban J connectivity index is 1.58. The zero-order valence-corrected chi connectivity index (χ0v) is 17.3. The van der Waals surface area contributed by atoms with Crippen molar-refractivity contribution >= 4 is 5.91 Å². The summed E-state index contributed by atoms with van der Waals surface area (Å²) >= 11 is 0. The lowest BCUT2D eigenvalue weighted by atomic mass is 10.0. The first-order valence-electron chi connectivity index (χ1n) is 9.80. The Morgan fingerprint density at radius 3 is 2.68 bits per heavy atom. The average Bonchev–Trinajstić information content (AvgIpc) is 3.40. The van der Waals surface area contributed by atoms with Crippen molar-refractivity contribution in [3.05, 3.63) is 78.0 Å². The molecule has 8 nitrogen and oxygen atoms in total. The molecule has 1 aromatic carbocycles. The summed E-state index contributed by atoms with van der Waals surface area (Å²) in [5, 5.41) is 11.1. The van der Waals surface area contributed by atoms with Crippen LogP contribution >= 0.6 is 0 Å². The minimum atomic E-state index is -0.512. The zero-order chi connectivity index (χ0) is 22.0. The minimum absolute atomic E-state index is 0.0203. The van der Waals surface area contributed by atoms with Crippen molar-refractivity contribution in [2.45, 2.75) is 26.8 Å². The second-order valence-corrected chi connectivity index (χ2v) is 7.40. The maximum absolute atomic E-state index is 14.2. The quantitative estimate of drug-likeness (QED) is 0.508. The fraction of sp³-hybridized carbons (Fsp3) is 0.227. The van der Waals surface area contributed by atoms with E-state index in [-0.39, 0.29) is 17.5 Å². The first-order valence-corrected chi connectivity index (χ1v) is 9.80. The highest BCUT2D eigenvalue weighted by Crippen LogP contribution is 2.24. The summed E-state index contributed by atoms with van der Waals surface area (Å²) in [6.07, 6.45) is 4.72. The van der Waals surface area contributed by atoms with E-state index in [2.05, 4.69) is 25.5 Å². The van der Waals surface area contributed by atoms with Crippen LogP contribution in [0.15, 0.2) is 59.5 Å². The van der Waals surface area contributed by atoms with Gasteiger partial charge in [-0.3, -0.25) is 9.78 Å². The van der Waals surface area contributed by atoms with Crippen molar-refractivity contribution < 1.29 is 13.7 Å². The highest BCUT2D eigenvalue weighted by molar-refractivity contribution is 5.95. The van der Waals surface area contributed by atoms with Crippen LogP contribution in [0.4, 0.5) is 4.39 Å². The third-order valence-corrected chi connectivity index (χ3v) is 4.92. The molecule has 4 aromatic rings. The Labute approximate surface area is 178 Å². The number of benzene rings is 1. The molecule has 31 heavy (non-hydrogen) atoms. The van der Waals surface area contributed by atoms with Gasteiger partial charge < -0.3 is 9.84 Å². The number of para-hydroxylation sites is 1. The number of carbonyl (C=O) groups is 1. The van der Waals surface area contributed by atoms with Crippen LogP contribution in [0, 0.1) is 18.7 Å². The molecule has 1 atom stereocenters. The van der Waals surface area contributed by atoms with E-state index >= 15 is 0 Å². The number of nitrogens with one attached hydrogen (secondary N) is 1. The van der Waals surface area contributed by atoms with Gasteiger partial charge in [0.05, 0.1) is 17.5 Å². The van der Waals surface area contributed by atoms with Gasteiger partial charge in [0.15, 0.2) is 0 Å². The number of halogens is 1. The lowest BCUT2D eigenvalue weighted by Crippen LogP contribution is -2.32. The number of rotatable bonds is 6. The molecule has 0 spiro atoms. The van der Waals surface area contributed by atoms with Gasteiger partial charge in [0.25, 0.3) is 5.91 Å². The predicted octanol–water partition coefficient (Wildman–Crippen LogP) is 3.89. The number of carbonyl (C=O) groups excluding carboxylic acids is 1. The topological polar surface area (TPSA) is 98.7 Å². The van der Waals surface area contributed by atoms with Gasteiger partial charge in [-0.1, -0.05) is 31.1 Å². The molecule has 1 amide bonds. The lowest BCUT2D eigenvalue weighted by Gasteiger charge is -2.18. The molecule has 0 aliphatic carbocycles. The SMILES string of the molecule is Cc1c(C(=O)NC(c2nc(-c3cccnc3)no2)C(C)C)cnn1-c1ccccc1F. The van der Waals surface area contributed by atoms with E-state index < -0.39 is 11.9 Å². The molecule has 0 saturated carbocycles. The molecule has 0 aliphatic heterocycles. The lowest BCUT2D eigenvalue weighted by molar-refractivity contribution is 0.0913. The number of hydrogen-bond acceptors (Lipinski definition) is 6. The smallest absolute Gasteiger partial charge is 0.255 e. The highest BCUT2D eigenvalue weighted by atomic mass is 19.1. The number of pyridine rings is 1. The monoisotopic (exact) mass is 420 g/mol. The van der Waals surface area contributed by atoms with Crippen LogP contribution in [-0.4, -0.2) is 30.8 Å². The summed E-state index contributed by atoms with van der Waals surface area (Å²) in [5.74, 6) is -0.115. The van der Waals surface area contributed by atoms with Crippen molar-refractivity contribution in [3.8, 4) is 17.1 Å². The summed E-state index contributed by atoms with van der Waals surface area (Å²) in [5.41, 5.74) is 1.85. The molecule has 0 fully saturated rings. The summed E-state index contributed by atoms with van der Waals surface area (Å²) in [6.45, 7) is 5.59. The molecule has 0 radical (unpaired) electrons. The van der Waals surface area contributed by atoms with Gasteiger partial charge in [0.1, 0.15) is 17.5 Å². The van der Waals surface area contributed by atoms with Crippen LogP contribution in [0.1, 0.15) is 41.8 Å². The Morgan fingerprint density at radius 2 is 1.97 bits per heavy atom. The van der Waals surface area contributed by atoms with E-state index in [1.807, 2.05) is 19.9 Å². The normalized spacial score (nSPS) is 12.2. The number of nitrogens with zero attached hydrogens (tertiary/aromatic N) is 5. The predicted molar refractivity (Wildman–Crippen MR) is 111 cm³/mol. The van der Waals surface area contributed by atoms with E-state index in [9.17, 15) is 9.18 Å². The van der Waals surface area contributed by atoms with Gasteiger partial charge >= 0.3 is 0 Å². The fourth-order valence-corrected chi connectivity index (χ4v) is 3.21. The van der Waals surface area contributed by atoms with E-state index in [0.717, 1.165) is 0 Å². The molecule has 4 rings (SSSR count). The largest absolute Gasteiger partial charge is 0.340 e. The third-order valence-electron chi connectivity index (χ3n) is 4.92. The van der Waals surface area contributed by atoms with Gasteiger partial charge in [0, 0.05) is 18.0 Å². The maximum Gasteiger partial charge on any atom is 0.255 e. The minimum Gasteiger partial charge on any atom is -0.340 e. The Kier molecular flexibility index (Phi) is 5.57. The summed E-state index contributed by atoms with van der Waals surface area (Å²) in [7, 11) is 0. The van der Waals surface area contributed by atoms with Crippen LogP contribution in [-0.2, 0) is 0 Å². The molecule has 158 valence electrons. The molecule has 3 heterocycles. The molecule has 1 N–H and O–H groups in total. The number of aromatic nitrogens is 5. The second-order valence-electron chi connectivity index (χ2n) is 7.40. The molecular formula is C22H21FN6O2. The average molecular weight is 420 g/mol. The number of hydrogen-bond donors (Lipinski definition) is 1. The van der Waals surface area contributed by atoms with Gasteiger partial charge in [0.2, 0.25) is 11.7 Å². The molecule has 1 unspecified atom stereocenters. The fourth-order valence-electron chi connectivity index (χ4n) is 3.21. The van der Waals surface area contributed by atoms with Crippen LogP contribution in [0.3, 0.4) is 0 Å². The third kappa shape index (κ3) is 4.07. The maximum atomic E-state index is 14.2. The summed E-state index contributed by atoms with van der Waals surface area (Å²) in [6, 6.07) is 9.36. The summed E-state index contributed by atoms with van der Waals surface area (Å²) < 4.78 is 21.0. The Morgan fingerprint density at radius 1 is 1.16 bits per heavy atom. The van der Waals surface area contributed by atoms with Crippen molar-refractivity contribution in [1.29, 1.82) is 0 Å². The molecule has 0 saturated heterocycles. The summed E-state index contributed by atoms with van der Waals surface area (Å²) in [4.78, 5) is 21.5.